The van der Waals surface area contributed by atoms with E-state index in [-0.39, 0.29) is 6.42 Å². The molecule has 1 atom stereocenters. The van der Waals surface area contributed by atoms with Gasteiger partial charge in [0.25, 0.3) is 18.0 Å². The Morgan fingerprint density at radius 1 is 1.47 bits per heavy atom. The SMILES string of the molecule is CC(C)(CC(N)=O)N1C(=O)NC(=O)C(F)C1=O. The smallest absolute Gasteiger partial charge is 0.331 e. The minimum absolute atomic E-state index is 0.326. The molecule has 1 unspecified atom stereocenters. The average molecular weight is 245 g/mol. The molecule has 1 heterocycles. The van der Waals surface area contributed by atoms with Gasteiger partial charge >= 0.3 is 6.03 Å². The topological polar surface area (TPSA) is 110 Å². The van der Waals surface area contributed by atoms with Gasteiger partial charge in [-0.25, -0.2) is 9.18 Å². The summed E-state index contributed by atoms with van der Waals surface area (Å²) in [6.45, 7) is 2.75. The number of urea groups is 1. The third kappa shape index (κ3) is 2.40. The number of amides is 5. The highest BCUT2D eigenvalue weighted by Crippen LogP contribution is 2.23. The lowest BCUT2D eigenvalue weighted by atomic mass is 9.96. The fraction of sp³-hybridized carbons (Fsp3) is 0.556. The third-order valence-electron chi connectivity index (χ3n) is 2.31. The number of alkyl halides is 1. The van der Waals surface area contributed by atoms with Gasteiger partial charge < -0.3 is 5.73 Å². The number of nitrogens with two attached hydrogens (primary N) is 1. The Bertz CT molecular complexity index is 407. The summed E-state index contributed by atoms with van der Waals surface area (Å²) >= 11 is 0. The zero-order valence-corrected chi connectivity index (χ0v) is 9.32. The van der Waals surface area contributed by atoms with Gasteiger partial charge in [-0.2, -0.15) is 0 Å². The second-order valence-electron chi connectivity index (χ2n) is 4.29. The quantitative estimate of drug-likeness (QED) is 0.625. The Morgan fingerprint density at radius 3 is 2.47 bits per heavy atom. The standard InChI is InChI=1S/C9H12FN3O4/c1-9(2,3-4(11)14)13-7(16)5(10)6(15)12-8(13)17/h5H,3H2,1-2H3,(H2,11,14)(H,12,15,17). The van der Waals surface area contributed by atoms with Gasteiger partial charge in [0.05, 0.1) is 5.54 Å². The van der Waals surface area contributed by atoms with Crippen LogP contribution in [0.3, 0.4) is 0 Å². The van der Waals surface area contributed by atoms with Crippen LogP contribution in [0.2, 0.25) is 0 Å². The maximum Gasteiger partial charge on any atom is 0.331 e. The maximum absolute atomic E-state index is 13.2. The van der Waals surface area contributed by atoms with Gasteiger partial charge in [-0.05, 0) is 13.8 Å². The van der Waals surface area contributed by atoms with Crippen molar-refractivity contribution >= 4 is 23.8 Å². The molecular formula is C9H12FN3O4. The number of primary amides is 1. The van der Waals surface area contributed by atoms with Gasteiger partial charge in [0.2, 0.25) is 5.91 Å². The zero-order chi connectivity index (χ0) is 13.4. The first-order chi connectivity index (χ1) is 7.66. The van der Waals surface area contributed by atoms with E-state index in [2.05, 4.69) is 0 Å². The van der Waals surface area contributed by atoms with E-state index in [4.69, 9.17) is 5.73 Å². The van der Waals surface area contributed by atoms with Crippen molar-refractivity contribution in [3.05, 3.63) is 0 Å². The molecule has 94 valence electrons. The lowest BCUT2D eigenvalue weighted by Gasteiger charge is -2.38. The molecule has 7 nitrogen and oxygen atoms in total. The van der Waals surface area contributed by atoms with Crippen molar-refractivity contribution in [1.29, 1.82) is 0 Å². The molecule has 3 N–H and O–H groups in total. The monoisotopic (exact) mass is 245 g/mol. The zero-order valence-electron chi connectivity index (χ0n) is 9.32. The van der Waals surface area contributed by atoms with Gasteiger partial charge in [0.15, 0.2) is 0 Å². The Kier molecular flexibility index (Phi) is 3.16. The van der Waals surface area contributed by atoms with Crippen molar-refractivity contribution in [1.82, 2.24) is 10.2 Å². The molecule has 0 aromatic rings. The molecule has 1 rings (SSSR count). The molecule has 0 bridgehead atoms. The van der Waals surface area contributed by atoms with Crippen LogP contribution in [0.25, 0.3) is 0 Å². The van der Waals surface area contributed by atoms with Gasteiger partial charge in [-0.1, -0.05) is 0 Å². The summed E-state index contributed by atoms with van der Waals surface area (Å²) in [6, 6.07) is -1.06. The number of nitrogens with zero attached hydrogens (tertiary/aromatic N) is 1. The van der Waals surface area contributed by atoms with Crippen LogP contribution >= 0.6 is 0 Å². The highest BCUT2D eigenvalue weighted by molar-refractivity contribution is 6.18. The number of imide groups is 2. The normalized spacial score (nSPS) is 21.5. The first kappa shape index (κ1) is 13.1. The largest absolute Gasteiger partial charge is 0.370 e. The summed E-state index contributed by atoms with van der Waals surface area (Å²) in [7, 11) is 0. The summed E-state index contributed by atoms with van der Waals surface area (Å²) in [5, 5.41) is 1.69. The predicted molar refractivity (Wildman–Crippen MR) is 53.2 cm³/mol. The van der Waals surface area contributed by atoms with E-state index in [0.717, 1.165) is 0 Å². The van der Waals surface area contributed by atoms with E-state index in [1.807, 2.05) is 0 Å². The number of carbonyl (C=O) groups is 4. The Balaban J connectivity index is 3.03. The van der Waals surface area contributed by atoms with Gasteiger partial charge in [-0.3, -0.25) is 24.6 Å². The van der Waals surface area contributed by atoms with Crippen molar-refractivity contribution in [2.75, 3.05) is 0 Å². The van der Waals surface area contributed by atoms with E-state index in [1.165, 1.54) is 13.8 Å². The van der Waals surface area contributed by atoms with E-state index in [0.29, 0.717) is 4.90 Å². The van der Waals surface area contributed by atoms with Crippen LogP contribution < -0.4 is 11.1 Å². The predicted octanol–water partition coefficient (Wildman–Crippen LogP) is -0.943. The third-order valence-corrected chi connectivity index (χ3v) is 2.31. The molecule has 8 heteroatoms. The Hall–Kier alpha value is -1.99. The van der Waals surface area contributed by atoms with Crippen LogP contribution in [0.1, 0.15) is 20.3 Å². The highest BCUT2D eigenvalue weighted by Gasteiger charge is 2.47. The van der Waals surface area contributed by atoms with E-state index >= 15 is 0 Å². The van der Waals surface area contributed by atoms with E-state index < -0.39 is 35.5 Å². The van der Waals surface area contributed by atoms with Crippen LogP contribution in [0, 0.1) is 0 Å². The number of nitrogens with one attached hydrogen (secondary N) is 1. The van der Waals surface area contributed by atoms with Gasteiger partial charge in [-0.15, -0.1) is 0 Å². The number of hydrogen-bond acceptors (Lipinski definition) is 4. The van der Waals surface area contributed by atoms with Crippen LogP contribution in [0.4, 0.5) is 9.18 Å². The van der Waals surface area contributed by atoms with Crippen molar-refractivity contribution in [2.45, 2.75) is 32.0 Å². The van der Waals surface area contributed by atoms with E-state index in [1.54, 1.807) is 5.32 Å². The molecule has 17 heavy (non-hydrogen) atoms. The number of rotatable bonds is 3. The summed E-state index contributed by atoms with van der Waals surface area (Å²) in [5.74, 6) is -3.33. The molecule has 0 aromatic carbocycles. The van der Waals surface area contributed by atoms with Gasteiger partial charge in [0, 0.05) is 6.42 Å². The molecule has 0 spiro atoms. The lowest BCUT2D eigenvalue weighted by Crippen LogP contribution is -2.65. The first-order valence-corrected chi connectivity index (χ1v) is 4.78. The molecule has 1 aliphatic rings. The van der Waals surface area contributed by atoms with Crippen molar-refractivity contribution in [3.8, 4) is 0 Å². The molecular weight excluding hydrogens is 233 g/mol. The van der Waals surface area contributed by atoms with Crippen LogP contribution in [0.15, 0.2) is 0 Å². The fourth-order valence-corrected chi connectivity index (χ4v) is 1.63. The molecule has 0 aliphatic carbocycles. The molecule has 1 fully saturated rings. The number of hydrogen-bond donors (Lipinski definition) is 2. The highest BCUT2D eigenvalue weighted by atomic mass is 19.1. The molecule has 1 saturated heterocycles. The number of barbiturate groups is 1. The summed E-state index contributed by atoms with van der Waals surface area (Å²) in [4.78, 5) is 45.1. The van der Waals surface area contributed by atoms with Crippen LogP contribution in [-0.2, 0) is 14.4 Å². The number of carbonyl (C=O) groups excluding carboxylic acids is 4. The molecule has 5 amide bonds. The second kappa shape index (κ2) is 4.11. The summed E-state index contributed by atoms with van der Waals surface area (Å²) in [6.07, 6.45) is -2.77. The maximum atomic E-state index is 13.2. The lowest BCUT2D eigenvalue weighted by molar-refractivity contribution is -0.147. The fourth-order valence-electron chi connectivity index (χ4n) is 1.63. The summed E-state index contributed by atoms with van der Waals surface area (Å²) < 4.78 is 13.2. The number of halogens is 1. The summed E-state index contributed by atoms with van der Waals surface area (Å²) in [5.41, 5.74) is 3.68. The van der Waals surface area contributed by atoms with Crippen LogP contribution in [-0.4, -0.2) is 40.4 Å². The molecule has 0 saturated carbocycles. The minimum atomic E-state index is -2.44. The van der Waals surface area contributed by atoms with Crippen LogP contribution in [0.5, 0.6) is 0 Å². The Morgan fingerprint density at radius 2 is 2.00 bits per heavy atom. The van der Waals surface area contributed by atoms with Crippen molar-refractivity contribution in [3.63, 3.8) is 0 Å². The second-order valence-corrected chi connectivity index (χ2v) is 4.29. The van der Waals surface area contributed by atoms with E-state index in [9.17, 15) is 23.6 Å². The molecule has 0 radical (unpaired) electrons. The minimum Gasteiger partial charge on any atom is -0.370 e. The first-order valence-electron chi connectivity index (χ1n) is 4.78. The molecule has 0 aromatic heterocycles. The van der Waals surface area contributed by atoms with Gasteiger partial charge in [0.1, 0.15) is 0 Å². The van der Waals surface area contributed by atoms with Crippen molar-refractivity contribution < 1.29 is 23.6 Å². The van der Waals surface area contributed by atoms with Crippen molar-refractivity contribution in [2.24, 2.45) is 5.73 Å². The molecule has 1 aliphatic heterocycles. The average Bonchev–Trinajstić information content (AvgIpc) is 2.11. The Labute approximate surface area is 96.1 Å².